The summed E-state index contributed by atoms with van der Waals surface area (Å²) in [6, 6.07) is 0. The van der Waals surface area contributed by atoms with Crippen molar-refractivity contribution in [1.82, 2.24) is 0 Å². The second-order valence-corrected chi connectivity index (χ2v) is 29.5. The second-order valence-electron chi connectivity index (χ2n) is 28.1. The number of carbonyl (C=O) groups is 2. The molecule has 0 spiro atoms. The number of allylic oxidation sites excluding steroid dienone is 8. The lowest BCUT2D eigenvalue weighted by atomic mass is 10.0. The van der Waals surface area contributed by atoms with Gasteiger partial charge in [-0.15, -0.1) is 0 Å². The molecule has 530 valence electrons. The highest BCUT2D eigenvalue weighted by molar-refractivity contribution is 7.47. The average molecular weight is 1290 g/mol. The van der Waals surface area contributed by atoms with Crippen molar-refractivity contribution < 1.29 is 42.1 Å². The normalized spacial score (nSPS) is 13.3. The van der Waals surface area contributed by atoms with E-state index in [-0.39, 0.29) is 25.6 Å². The molecule has 0 amide bonds. The number of hydrogen-bond acceptors (Lipinski definition) is 7. The molecule has 0 bridgehead atoms. The number of phosphoric acid groups is 1. The van der Waals surface area contributed by atoms with Crippen molar-refractivity contribution in [3.05, 3.63) is 48.6 Å². The van der Waals surface area contributed by atoms with E-state index in [1.807, 2.05) is 21.1 Å². The molecule has 0 saturated heterocycles. The highest BCUT2D eigenvalue weighted by Crippen LogP contribution is 2.43. The summed E-state index contributed by atoms with van der Waals surface area (Å²) >= 11 is 0. The minimum absolute atomic E-state index is 0.0332. The summed E-state index contributed by atoms with van der Waals surface area (Å²) in [5.74, 6) is -0.778. The molecule has 0 aromatic carbocycles. The van der Waals surface area contributed by atoms with Crippen molar-refractivity contribution in [1.29, 1.82) is 0 Å². The van der Waals surface area contributed by atoms with Crippen LogP contribution in [0, 0.1) is 0 Å². The summed E-state index contributed by atoms with van der Waals surface area (Å²) in [5.41, 5.74) is 0. The Morgan fingerprint density at radius 3 is 0.944 bits per heavy atom. The topological polar surface area (TPSA) is 108 Å². The van der Waals surface area contributed by atoms with Crippen molar-refractivity contribution in [3.63, 3.8) is 0 Å². The van der Waals surface area contributed by atoms with Crippen molar-refractivity contribution in [2.75, 3.05) is 47.5 Å². The van der Waals surface area contributed by atoms with Gasteiger partial charge in [0, 0.05) is 12.8 Å². The van der Waals surface area contributed by atoms with Gasteiger partial charge in [-0.05, 0) is 51.4 Å². The Morgan fingerprint density at radius 1 is 0.356 bits per heavy atom. The first-order valence-electron chi connectivity index (χ1n) is 39.4. The van der Waals surface area contributed by atoms with E-state index in [2.05, 4.69) is 62.5 Å². The lowest BCUT2D eigenvalue weighted by molar-refractivity contribution is -0.870. The van der Waals surface area contributed by atoms with Crippen LogP contribution in [-0.4, -0.2) is 74.9 Å². The smallest absolute Gasteiger partial charge is 0.462 e. The molecule has 0 aromatic rings. The Morgan fingerprint density at radius 2 is 0.633 bits per heavy atom. The first-order valence-corrected chi connectivity index (χ1v) is 40.9. The van der Waals surface area contributed by atoms with Crippen LogP contribution in [0.2, 0.25) is 0 Å². The van der Waals surface area contributed by atoms with Crippen LogP contribution >= 0.6 is 7.82 Å². The molecule has 10 heteroatoms. The Bertz CT molecular complexity index is 1660. The zero-order valence-corrected chi connectivity index (χ0v) is 61.5. The largest absolute Gasteiger partial charge is 0.472 e. The van der Waals surface area contributed by atoms with Crippen molar-refractivity contribution in [3.8, 4) is 0 Å². The molecule has 0 aliphatic heterocycles. The van der Waals surface area contributed by atoms with E-state index in [4.69, 9.17) is 18.5 Å². The van der Waals surface area contributed by atoms with Gasteiger partial charge in [-0.2, -0.15) is 0 Å². The quantitative estimate of drug-likeness (QED) is 0.0211. The van der Waals surface area contributed by atoms with Gasteiger partial charge in [0.25, 0.3) is 0 Å². The Balaban J connectivity index is 3.89. The van der Waals surface area contributed by atoms with E-state index in [1.54, 1.807) is 0 Å². The predicted octanol–water partition coefficient (Wildman–Crippen LogP) is 26.0. The number of rotatable bonds is 74. The van der Waals surface area contributed by atoms with E-state index in [1.165, 1.54) is 308 Å². The fraction of sp³-hybridized carbons (Fsp3) is 0.875. The van der Waals surface area contributed by atoms with Crippen molar-refractivity contribution >= 4 is 19.8 Å². The molecule has 0 heterocycles. The highest BCUT2D eigenvalue weighted by Gasteiger charge is 2.27. The number of esters is 2. The van der Waals surface area contributed by atoms with Crippen molar-refractivity contribution in [2.24, 2.45) is 0 Å². The van der Waals surface area contributed by atoms with Crippen LogP contribution in [0.15, 0.2) is 48.6 Å². The summed E-state index contributed by atoms with van der Waals surface area (Å²) in [7, 11) is 1.49. The molecule has 2 atom stereocenters. The standard InChI is InChI=1S/C80H152NO8P/c1-6-8-10-12-14-16-18-20-22-24-26-28-30-32-34-35-36-37-38-39-40-41-42-43-44-45-47-48-50-52-54-56-58-60-62-64-66-68-70-72-79(82)86-76-78(77-88-90(84,85)87-75-74-81(3,4)5)89-80(83)73-71-69-67-65-63-61-59-57-55-53-51-49-46-33-31-29-27-25-23-21-19-17-15-13-11-9-7-2/h9,11,15,17,21,23,27,29,78H,6-8,10,12-14,16,18-20,22,24-26,28,30-77H2,1-5H3/p+1/b11-9-,17-15-,23-21-,29-27-. The number of ether oxygens (including phenoxy) is 2. The van der Waals surface area contributed by atoms with E-state index >= 15 is 0 Å². The van der Waals surface area contributed by atoms with Crippen LogP contribution in [0.25, 0.3) is 0 Å². The van der Waals surface area contributed by atoms with Gasteiger partial charge in [0.1, 0.15) is 19.8 Å². The summed E-state index contributed by atoms with van der Waals surface area (Å²) in [6.45, 7) is 4.39. The number of hydrogen-bond donors (Lipinski definition) is 1. The maximum atomic E-state index is 12.9. The third kappa shape index (κ3) is 75.0. The van der Waals surface area contributed by atoms with Crippen molar-refractivity contribution in [2.45, 2.75) is 405 Å². The number of phosphoric ester groups is 1. The van der Waals surface area contributed by atoms with E-state index in [0.717, 1.165) is 57.8 Å². The van der Waals surface area contributed by atoms with Gasteiger partial charge < -0.3 is 18.9 Å². The van der Waals surface area contributed by atoms with Gasteiger partial charge in [-0.1, -0.05) is 383 Å². The predicted molar refractivity (Wildman–Crippen MR) is 390 cm³/mol. The van der Waals surface area contributed by atoms with Crippen LogP contribution in [0.5, 0.6) is 0 Å². The van der Waals surface area contributed by atoms with Crippen LogP contribution in [0.1, 0.15) is 399 Å². The zero-order chi connectivity index (χ0) is 65.5. The molecule has 9 nitrogen and oxygen atoms in total. The van der Waals surface area contributed by atoms with Gasteiger partial charge in [0.15, 0.2) is 6.10 Å². The van der Waals surface area contributed by atoms with Crippen LogP contribution < -0.4 is 0 Å². The molecular formula is C80H153NO8P+. The fourth-order valence-electron chi connectivity index (χ4n) is 11.9. The van der Waals surface area contributed by atoms with Crippen LogP contribution in [0.3, 0.4) is 0 Å². The second kappa shape index (κ2) is 71.3. The zero-order valence-electron chi connectivity index (χ0n) is 60.7. The lowest BCUT2D eigenvalue weighted by Crippen LogP contribution is -2.37. The molecule has 0 rings (SSSR count). The first-order chi connectivity index (χ1) is 44.0. The number of nitrogens with zero attached hydrogens (tertiary/aromatic N) is 1. The molecule has 0 saturated carbocycles. The molecule has 2 unspecified atom stereocenters. The minimum atomic E-state index is -4.39. The SMILES string of the molecule is CC/C=C\C/C=C\C/C=C\C/C=C\CCCCCCCCCCCCCCCCC(=O)OC(COC(=O)CCCCCCCCCCCCCCCCCCCCCCCCCCCCCCCCCCCCCCCCC)COP(=O)(O)OCC[N+](C)(C)C. The highest BCUT2D eigenvalue weighted by atomic mass is 31.2. The third-order valence-corrected chi connectivity index (χ3v) is 18.9. The molecule has 0 fully saturated rings. The summed E-state index contributed by atoms with van der Waals surface area (Å²) < 4.78 is 34.8. The maximum absolute atomic E-state index is 12.9. The Hall–Kier alpha value is -2.03. The monoisotopic (exact) mass is 1290 g/mol. The minimum Gasteiger partial charge on any atom is -0.462 e. The summed E-state index contributed by atoms with van der Waals surface area (Å²) in [6.07, 6.45) is 94.1. The molecule has 1 N–H and O–H groups in total. The summed E-state index contributed by atoms with van der Waals surface area (Å²) in [4.78, 5) is 35.9. The van der Waals surface area contributed by atoms with E-state index < -0.39 is 26.5 Å². The number of quaternary nitrogens is 1. The van der Waals surface area contributed by atoms with Crippen LogP contribution in [0.4, 0.5) is 0 Å². The molecule has 0 aliphatic carbocycles. The van der Waals surface area contributed by atoms with Gasteiger partial charge in [0.2, 0.25) is 0 Å². The third-order valence-electron chi connectivity index (χ3n) is 17.9. The van der Waals surface area contributed by atoms with Gasteiger partial charge in [0.05, 0.1) is 27.7 Å². The van der Waals surface area contributed by atoms with E-state index in [0.29, 0.717) is 23.9 Å². The number of carbonyl (C=O) groups excluding carboxylic acids is 2. The average Bonchev–Trinajstić information content (AvgIpc) is 3.61. The molecular weight excluding hydrogens is 1130 g/mol. The molecule has 0 aromatic heterocycles. The lowest BCUT2D eigenvalue weighted by Gasteiger charge is -2.24. The van der Waals surface area contributed by atoms with Gasteiger partial charge in [-0.25, -0.2) is 4.57 Å². The molecule has 0 aliphatic rings. The summed E-state index contributed by atoms with van der Waals surface area (Å²) in [5, 5.41) is 0. The van der Waals surface area contributed by atoms with Crippen LogP contribution in [-0.2, 0) is 32.7 Å². The van der Waals surface area contributed by atoms with Gasteiger partial charge in [-0.3, -0.25) is 18.6 Å². The Labute approximate surface area is 560 Å². The van der Waals surface area contributed by atoms with E-state index in [9.17, 15) is 19.0 Å². The molecule has 90 heavy (non-hydrogen) atoms. The molecule has 0 radical (unpaired) electrons. The maximum Gasteiger partial charge on any atom is 0.472 e. The Kier molecular flexibility index (Phi) is 69.7. The number of unbranched alkanes of at least 4 members (excludes halogenated alkanes) is 52. The first kappa shape index (κ1) is 88.0. The number of likely N-dealkylation sites (N-methyl/N-ethyl adjacent to an activating group) is 1. The fourth-order valence-corrected chi connectivity index (χ4v) is 12.6. The van der Waals surface area contributed by atoms with Gasteiger partial charge >= 0.3 is 19.8 Å².